The number of nitriles is 2. The van der Waals surface area contributed by atoms with Gasteiger partial charge in [0.25, 0.3) is 0 Å². The van der Waals surface area contributed by atoms with Crippen molar-refractivity contribution >= 4 is 43.6 Å². The van der Waals surface area contributed by atoms with Crippen molar-refractivity contribution in [1.82, 2.24) is 0 Å². The standard InChI is InChI=1S/C14H6Br2N2S/c15-11-1-3-13(9(5-11)7-17)19-14-4-2-12(16)6-10(14)8-18/h1-6H. The summed E-state index contributed by atoms with van der Waals surface area (Å²) in [6.45, 7) is 0. The van der Waals surface area contributed by atoms with Gasteiger partial charge in [-0.2, -0.15) is 10.5 Å². The molecule has 0 bridgehead atoms. The van der Waals surface area contributed by atoms with Gasteiger partial charge in [-0.05, 0) is 36.4 Å². The zero-order valence-corrected chi connectivity index (χ0v) is 13.5. The predicted octanol–water partition coefficient (Wildman–Crippen LogP) is 5.11. The molecule has 92 valence electrons. The first-order valence-electron chi connectivity index (χ1n) is 5.21. The van der Waals surface area contributed by atoms with Crippen LogP contribution in [0.1, 0.15) is 11.1 Å². The molecule has 0 saturated heterocycles. The van der Waals surface area contributed by atoms with E-state index >= 15 is 0 Å². The molecule has 0 heterocycles. The minimum atomic E-state index is 0.589. The van der Waals surface area contributed by atoms with E-state index in [1.54, 1.807) is 12.1 Å². The largest absolute Gasteiger partial charge is 0.192 e. The summed E-state index contributed by atoms with van der Waals surface area (Å²) in [5, 5.41) is 18.3. The van der Waals surface area contributed by atoms with E-state index in [0.717, 1.165) is 18.7 Å². The molecule has 0 unspecified atom stereocenters. The van der Waals surface area contributed by atoms with Crippen molar-refractivity contribution in [3.05, 3.63) is 56.5 Å². The molecule has 2 aromatic rings. The van der Waals surface area contributed by atoms with Gasteiger partial charge in [-0.25, -0.2) is 0 Å². The monoisotopic (exact) mass is 392 g/mol. The Morgan fingerprint density at radius 1 is 0.789 bits per heavy atom. The summed E-state index contributed by atoms with van der Waals surface area (Å²) in [4.78, 5) is 1.68. The van der Waals surface area contributed by atoms with Gasteiger partial charge in [0, 0.05) is 18.7 Å². The lowest BCUT2D eigenvalue weighted by atomic mass is 10.2. The number of nitrogens with zero attached hydrogens (tertiary/aromatic N) is 2. The molecule has 2 rings (SSSR count). The molecule has 2 nitrogen and oxygen atoms in total. The number of hydrogen-bond donors (Lipinski definition) is 0. The van der Waals surface area contributed by atoms with Crippen LogP contribution in [0.4, 0.5) is 0 Å². The molecular weight excluding hydrogens is 388 g/mol. The summed E-state index contributed by atoms with van der Waals surface area (Å²) in [6.07, 6.45) is 0. The third-order valence-corrected chi connectivity index (χ3v) is 4.48. The van der Waals surface area contributed by atoms with Gasteiger partial charge in [0.15, 0.2) is 0 Å². The van der Waals surface area contributed by atoms with Crippen LogP contribution in [0.25, 0.3) is 0 Å². The molecule has 0 aliphatic carbocycles. The molecule has 0 saturated carbocycles. The number of hydrogen-bond acceptors (Lipinski definition) is 3. The van der Waals surface area contributed by atoms with Gasteiger partial charge in [-0.15, -0.1) is 0 Å². The lowest BCUT2D eigenvalue weighted by molar-refractivity contribution is 1.31. The van der Waals surface area contributed by atoms with Gasteiger partial charge in [-0.1, -0.05) is 43.6 Å². The van der Waals surface area contributed by atoms with E-state index in [0.29, 0.717) is 11.1 Å². The summed E-state index contributed by atoms with van der Waals surface area (Å²) in [5.41, 5.74) is 1.18. The Balaban J connectivity index is 2.43. The van der Waals surface area contributed by atoms with Gasteiger partial charge in [-0.3, -0.25) is 0 Å². The topological polar surface area (TPSA) is 47.6 Å². The van der Waals surface area contributed by atoms with E-state index in [4.69, 9.17) is 10.5 Å². The van der Waals surface area contributed by atoms with Gasteiger partial charge >= 0.3 is 0 Å². The second-order valence-electron chi connectivity index (χ2n) is 3.61. The van der Waals surface area contributed by atoms with Crippen molar-refractivity contribution in [2.45, 2.75) is 9.79 Å². The lowest BCUT2D eigenvalue weighted by Crippen LogP contribution is -1.85. The fourth-order valence-corrected chi connectivity index (χ4v) is 3.14. The van der Waals surface area contributed by atoms with Crippen LogP contribution >= 0.6 is 43.6 Å². The van der Waals surface area contributed by atoms with Gasteiger partial charge in [0.1, 0.15) is 12.1 Å². The first-order chi connectivity index (χ1) is 9.13. The summed E-state index contributed by atoms with van der Waals surface area (Å²) in [5.74, 6) is 0. The fraction of sp³-hybridized carbons (Fsp3) is 0. The zero-order chi connectivity index (χ0) is 13.8. The number of halogens is 2. The molecule has 0 aliphatic heterocycles. The molecule has 0 atom stereocenters. The first-order valence-corrected chi connectivity index (χ1v) is 7.61. The summed E-state index contributed by atoms with van der Waals surface area (Å²) in [7, 11) is 0. The quantitative estimate of drug-likeness (QED) is 0.712. The molecule has 0 aliphatic rings. The van der Waals surface area contributed by atoms with Gasteiger partial charge < -0.3 is 0 Å². The van der Waals surface area contributed by atoms with Crippen LogP contribution in [-0.2, 0) is 0 Å². The van der Waals surface area contributed by atoms with Crippen LogP contribution in [0.5, 0.6) is 0 Å². The average Bonchev–Trinajstić information content (AvgIpc) is 2.42. The maximum Gasteiger partial charge on any atom is 0.100 e. The highest BCUT2D eigenvalue weighted by atomic mass is 79.9. The summed E-state index contributed by atoms with van der Waals surface area (Å²) < 4.78 is 1.73. The Kier molecular flexibility index (Phi) is 4.66. The van der Waals surface area contributed by atoms with E-state index in [-0.39, 0.29) is 0 Å². The van der Waals surface area contributed by atoms with Crippen LogP contribution < -0.4 is 0 Å². The fourth-order valence-electron chi connectivity index (χ4n) is 1.48. The van der Waals surface area contributed by atoms with Crippen molar-refractivity contribution in [3.8, 4) is 12.1 Å². The van der Waals surface area contributed by atoms with Gasteiger partial charge in [0.2, 0.25) is 0 Å². The van der Waals surface area contributed by atoms with Crippen molar-refractivity contribution in [3.63, 3.8) is 0 Å². The number of rotatable bonds is 2. The van der Waals surface area contributed by atoms with Crippen LogP contribution in [0.2, 0.25) is 0 Å². The predicted molar refractivity (Wildman–Crippen MR) is 81.8 cm³/mol. The third kappa shape index (κ3) is 3.39. The average molecular weight is 394 g/mol. The zero-order valence-electron chi connectivity index (χ0n) is 9.52. The van der Waals surface area contributed by atoms with E-state index in [1.807, 2.05) is 24.3 Å². The van der Waals surface area contributed by atoms with Crippen molar-refractivity contribution in [2.24, 2.45) is 0 Å². The van der Waals surface area contributed by atoms with Crippen molar-refractivity contribution < 1.29 is 0 Å². The van der Waals surface area contributed by atoms with E-state index in [1.165, 1.54) is 11.8 Å². The number of benzene rings is 2. The lowest BCUT2D eigenvalue weighted by Gasteiger charge is -2.06. The molecule has 0 spiro atoms. The first kappa shape index (κ1) is 14.1. The maximum absolute atomic E-state index is 9.13. The van der Waals surface area contributed by atoms with Crippen molar-refractivity contribution in [2.75, 3.05) is 0 Å². The Hall–Kier alpha value is -1.27. The van der Waals surface area contributed by atoms with E-state index < -0.39 is 0 Å². The van der Waals surface area contributed by atoms with Crippen LogP contribution in [0.15, 0.2) is 55.1 Å². The molecule has 0 radical (unpaired) electrons. The molecule has 5 heteroatoms. The minimum absolute atomic E-state index is 0.589. The third-order valence-electron chi connectivity index (χ3n) is 2.34. The molecule has 0 aromatic heterocycles. The Bertz CT molecular complexity index is 653. The second-order valence-corrected chi connectivity index (χ2v) is 6.52. The van der Waals surface area contributed by atoms with Crippen molar-refractivity contribution in [1.29, 1.82) is 10.5 Å². The highest BCUT2D eigenvalue weighted by molar-refractivity contribution is 9.10. The molecular formula is C14H6Br2N2S. The Labute approximate surface area is 132 Å². The minimum Gasteiger partial charge on any atom is -0.192 e. The summed E-state index contributed by atoms with van der Waals surface area (Å²) in [6, 6.07) is 15.4. The second kappa shape index (κ2) is 6.25. The molecule has 0 fully saturated rings. The molecule has 0 N–H and O–H groups in total. The normalized spacial score (nSPS) is 9.68. The van der Waals surface area contributed by atoms with Gasteiger partial charge in [0.05, 0.1) is 11.1 Å². The van der Waals surface area contributed by atoms with E-state index in [2.05, 4.69) is 44.0 Å². The SMILES string of the molecule is N#Cc1cc(Br)ccc1Sc1ccc(Br)cc1C#N. The van der Waals surface area contributed by atoms with Crippen LogP contribution in [0.3, 0.4) is 0 Å². The van der Waals surface area contributed by atoms with Crippen LogP contribution in [0, 0.1) is 22.7 Å². The highest BCUT2D eigenvalue weighted by Gasteiger charge is 2.09. The van der Waals surface area contributed by atoms with E-state index in [9.17, 15) is 0 Å². The Morgan fingerprint density at radius 2 is 1.21 bits per heavy atom. The molecule has 2 aromatic carbocycles. The summed E-state index contributed by atoms with van der Waals surface area (Å²) >= 11 is 8.10. The highest BCUT2D eigenvalue weighted by Crippen LogP contribution is 2.34. The molecule has 0 amide bonds. The Morgan fingerprint density at radius 3 is 1.58 bits per heavy atom. The maximum atomic E-state index is 9.13. The molecule has 19 heavy (non-hydrogen) atoms. The van der Waals surface area contributed by atoms with Crippen LogP contribution in [-0.4, -0.2) is 0 Å². The smallest absolute Gasteiger partial charge is 0.100 e.